The number of para-hydroxylation sites is 2. The number of likely N-dealkylation sites (tertiary alicyclic amines) is 1. The number of hydrogen-bond acceptors (Lipinski definition) is 6. The van der Waals surface area contributed by atoms with E-state index < -0.39 is 0 Å². The van der Waals surface area contributed by atoms with Crippen molar-refractivity contribution in [2.45, 2.75) is 23.1 Å². The summed E-state index contributed by atoms with van der Waals surface area (Å²) in [5.41, 5.74) is 2.10. The molecule has 2 aromatic carbocycles. The second-order valence-corrected chi connectivity index (χ2v) is 10.2. The van der Waals surface area contributed by atoms with Crippen molar-refractivity contribution in [3.8, 4) is 0 Å². The topological polar surface area (TPSA) is 46.1 Å². The minimum atomic E-state index is 0.215. The third-order valence-corrected chi connectivity index (χ3v) is 8.46. The number of fused-ring (bicyclic) bond motifs is 2. The lowest BCUT2D eigenvalue weighted by atomic mass is 9.97. The van der Waals surface area contributed by atoms with E-state index in [-0.39, 0.29) is 5.91 Å². The highest BCUT2D eigenvalue weighted by molar-refractivity contribution is 8.01. The van der Waals surface area contributed by atoms with Crippen molar-refractivity contribution in [2.24, 2.45) is 0 Å². The van der Waals surface area contributed by atoms with Crippen molar-refractivity contribution in [3.05, 3.63) is 53.5 Å². The van der Waals surface area contributed by atoms with Crippen molar-refractivity contribution in [2.75, 3.05) is 18.8 Å². The van der Waals surface area contributed by atoms with Crippen molar-refractivity contribution < 1.29 is 4.79 Å². The van der Waals surface area contributed by atoms with E-state index in [1.54, 1.807) is 34.4 Å². The zero-order valence-corrected chi connectivity index (χ0v) is 17.7. The van der Waals surface area contributed by atoms with Gasteiger partial charge >= 0.3 is 0 Å². The van der Waals surface area contributed by atoms with Gasteiger partial charge in [0.25, 0.3) is 0 Å². The molecule has 0 radical (unpaired) electrons. The number of piperidine rings is 1. The number of amides is 1. The fourth-order valence-electron chi connectivity index (χ4n) is 3.57. The summed E-state index contributed by atoms with van der Waals surface area (Å²) in [4.78, 5) is 24.1. The highest BCUT2D eigenvalue weighted by atomic mass is 32.2. The predicted octanol–water partition coefficient (Wildman–Crippen LogP) is 5.40. The quantitative estimate of drug-likeness (QED) is 0.411. The molecule has 1 amide bonds. The maximum atomic E-state index is 12.6. The first-order valence-corrected chi connectivity index (χ1v) is 12.0. The minimum Gasteiger partial charge on any atom is -0.342 e. The van der Waals surface area contributed by atoms with Crippen LogP contribution in [0, 0.1) is 0 Å². The summed E-state index contributed by atoms with van der Waals surface area (Å²) in [7, 11) is 0. The normalized spacial score (nSPS) is 15.5. The Morgan fingerprint density at radius 3 is 2.29 bits per heavy atom. The van der Waals surface area contributed by atoms with Crippen molar-refractivity contribution in [1.29, 1.82) is 0 Å². The van der Waals surface area contributed by atoms with Crippen LogP contribution in [0.3, 0.4) is 0 Å². The van der Waals surface area contributed by atoms with Crippen LogP contribution in [-0.4, -0.2) is 39.6 Å². The number of carbonyl (C=O) groups is 1. The van der Waals surface area contributed by atoms with E-state index in [0.717, 1.165) is 41.3 Å². The molecule has 1 saturated heterocycles. The van der Waals surface area contributed by atoms with Crippen molar-refractivity contribution >= 4 is 60.8 Å². The van der Waals surface area contributed by atoms with Crippen molar-refractivity contribution in [1.82, 2.24) is 14.9 Å². The van der Waals surface area contributed by atoms with E-state index in [1.165, 1.54) is 14.4 Å². The first-order chi connectivity index (χ1) is 13.8. The third kappa shape index (κ3) is 3.66. The molecule has 3 heterocycles. The molecule has 5 rings (SSSR count). The summed E-state index contributed by atoms with van der Waals surface area (Å²) in [5, 5.41) is 1.22. The van der Waals surface area contributed by atoms with Gasteiger partial charge in [0.05, 0.1) is 31.2 Å². The van der Waals surface area contributed by atoms with E-state index in [2.05, 4.69) is 29.2 Å². The van der Waals surface area contributed by atoms with E-state index >= 15 is 0 Å². The molecule has 1 fully saturated rings. The Hall–Kier alpha value is -1.96. The molecule has 4 nitrogen and oxygen atoms in total. The molecule has 0 N–H and O–H groups in total. The number of thioether (sulfide) groups is 1. The lowest BCUT2D eigenvalue weighted by Gasteiger charge is -2.31. The maximum absolute atomic E-state index is 12.6. The van der Waals surface area contributed by atoms with E-state index in [9.17, 15) is 4.79 Å². The maximum Gasteiger partial charge on any atom is 0.233 e. The molecule has 28 heavy (non-hydrogen) atoms. The minimum absolute atomic E-state index is 0.215. The summed E-state index contributed by atoms with van der Waals surface area (Å²) in [5.74, 6) is 1.15. The highest BCUT2D eigenvalue weighted by Crippen LogP contribution is 2.34. The fourth-order valence-corrected chi connectivity index (χ4v) is 6.68. The monoisotopic (exact) mass is 425 g/mol. The molecule has 0 saturated carbocycles. The molecular formula is C21H19N3OS3. The molecule has 0 bridgehead atoms. The average molecular weight is 426 g/mol. The van der Waals surface area contributed by atoms with E-state index in [4.69, 9.17) is 4.98 Å². The Labute approximate surface area is 175 Å². The first kappa shape index (κ1) is 18.1. The second kappa shape index (κ2) is 7.81. The lowest BCUT2D eigenvalue weighted by molar-refractivity contribution is -0.129. The summed E-state index contributed by atoms with van der Waals surface area (Å²) >= 11 is 5.01. The Morgan fingerprint density at radius 1 is 0.964 bits per heavy atom. The lowest BCUT2D eigenvalue weighted by Crippen LogP contribution is -2.38. The number of aromatic nitrogens is 2. The Balaban J connectivity index is 1.17. The van der Waals surface area contributed by atoms with Gasteiger partial charge in [-0.2, -0.15) is 0 Å². The zero-order chi connectivity index (χ0) is 18.9. The number of thiazole rings is 2. The Kier molecular flexibility index (Phi) is 5.05. The van der Waals surface area contributed by atoms with Crippen LogP contribution in [0.25, 0.3) is 20.4 Å². The molecule has 7 heteroatoms. The SMILES string of the molecule is O=C(CSc1nc2ccccc2s1)N1CCC(c2nc3ccccc3s2)CC1. The molecule has 1 aliphatic heterocycles. The van der Waals surface area contributed by atoms with Gasteiger partial charge in [0, 0.05) is 19.0 Å². The number of hydrogen-bond donors (Lipinski definition) is 0. The molecule has 2 aromatic heterocycles. The summed E-state index contributed by atoms with van der Waals surface area (Å²) < 4.78 is 3.40. The van der Waals surface area contributed by atoms with Gasteiger partial charge < -0.3 is 4.90 Å². The molecule has 0 aliphatic carbocycles. The third-order valence-electron chi connectivity index (χ3n) is 5.10. The van der Waals surface area contributed by atoms with E-state index in [0.29, 0.717) is 11.7 Å². The van der Waals surface area contributed by atoms with Crippen LogP contribution in [0.1, 0.15) is 23.8 Å². The summed E-state index contributed by atoms with van der Waals surface area (Å²) in [6.45, 7) is 1.64. The van der Waals surface area contributed by atoms with Crippen LogP contribution in [0.15, 0.2) is 52.9 Å². The second-order valence-electron chi connectivity index (χ2n) is 6.91. The molecule has 0 spiro atoms. The van der Waals surface area contributed by atoms with Gasteiger partial charge in [-0.3, -0.25) is 4.79 Å². The van der Waals surface area contributed by atoms with E-state index in [1.807, 2.05) is 29.2 Å². The summed E-state index contributed by atoms with van der Waals surface area (Å²) in [6.07, 6.45) is 1.99. The molecular weight excluding hydrogens is 406 g/mol. The first-order valence-electron chi connectivity index (χ1n) is 9.38. The van der Waals surface area contributed by atoms with Crippen LogP contribution in [-0.2, 0) is 4.79 Å². The predicted molar refractivity (Wildman–Crippen MR) is 119 cm³/mol. The van der Waals surface area contributed by atoms with Gasteiger partial charge in [0.1, 0.15) is 0 Å². The van der Waals surface area contributed by atoms with Crippen LogP contribution in [0.2, 0.25) is 0 Å². The van der Waals surface area contributed by atoms with Gasteiger partial charge in [-0.25, -0.2) is 9.97 Å². The summed E-state index contributed by atoms with van der Waals surface area (Å²) in [6, 6.07) is 16.4. The van der Waals surface area contributed by atoms with Crippen LogP contribution in [0.4, 0.5) is 0 Å². The largest absolute Gasteiger partial charge is 0.342 e. The van der Waals surface area contributed by atoms with Gasteiger partial charge in [-0.05, 0) is 37.1 Å². The molecule has 4 aromatic rings. The van der Waals surface area contributed by atoms with Crippen LogP contribution in [0.5, 0.6) is 0 Å². The van der Waals surface area contributed by atoms with Crippen LogP contribution >= 0.6 is 34.4 Å². The molecule has 142 valence electrons. The average Bonchev–Trinajstić information content (AvgIpc) is 3.35. The number of nitrogens with zero attached hydrogens (tertiary/aromatic N) is 3. The van der Waals surface area contributed by atoms with Gasteiger partial charge in [-0.15, -0.1) is 22.7 Å². The molecule has 0 unspecified atom stereocenters. The zero-order valence-electron chi connectivity index (χ0n) is 15.2. The van der Waals surface area contributed by atoms with Gasteiger partial charge in [-0.1, -0.05) is 36.0 Å². The van der Waals surface area contributed by atoms with Gasteiger partial charge in [0.2, 0.25) is 5.91 Å². The molecule has 1 aliphatic rings. The highest BCUT2D eigenvalue weighted by Gasteiger charge is 2.26. The number of benzene rings is 2. The number of carbonyl (C=O) groups excluding carboxylic acids is 1. The Morgan fingerprint density at radius 2 is 1.61 bits per heavy atom. The number of rotatable bonds is 4. The van der Waals surface area contributed by atoms with Gasteiger partial charge in [0.15, 0.2) is 4.34 Å². The fraction of sp³-hybridized carbons (Fsp3) is 0.286. The molecule has 0 atom stereocenters. The van der Waals surface area contributed by atoms with Crippen LogP contribution < -0.4 is 0 Å². The Bertz CT molecular complexity index is 1060. The smallest absolute Gasteiger partial charge is 0.233 e. The standard InChI is InChI=1S/C21H19N3OS3/c25-19(13-26-21-23-16-6-2-4-8-18(16)28-21)24-11-9-14(10-12-24)20-22-15-5-1-3-7-17(15)27-20/h1-8,14H,9-13H2. The van der Waals surface area contributed by atoms with Crippen molar-refractivity contribution in [3.63, 3.8) is 0 Å².